The number of nitrogens with one attached hydrogen (secondary N) is 1. The Balaban J connectivity index is 1.50. The van der Waals surface area contributed by atoms with Gasteiger partial charge in [0.05, 0.1) is 0 Å². The van der Waals surface area contributed by atoms with Crippen LogP contribution < -0.4 is 10.2 Å². The van der Waals surface area contributed by atoms with Gasteiger partial charge in [-0.25, -0.2) is 4.79 Å². The van der Waals surface area contributed by atoms with Crippen molar-refractivity contribution in [1.29, 1.82) is 0 Å². The monoisotopic (exact) mass is 338 g/mol. The first-order valence-corrected chi connectivity index (χ1v) is 9.02. The zero-order valence-corrected chi connectivity index (χ0v) is 14.8. The first kappa shape index (κ1) is 17.3. The second-order valence-corrected chi connectivity index (χ2v) is 6.32. The molecule has 3 rings (SSSR count). The number of aromatic nitrogens is 1. The van der Waals surface area contributed by atoms with E-state index in [0.717, 1.165) is 25.1 Å². The number of aryl methyl sites for hydroxylation is 1. The van der Waals surface area contributed by atoms with Crippen LogP contribution in [0.2, 0.25) is 0 Å². The van der Waals surface area contributed by atoms with Crippen molar-refractivity contribution in [1.82, 2.24) is 15.2 Å². The van der Waals surface area contributed by atoms with E-state index < -0.39 is 0 Å². The van der Waals surface area contributed by atoms with Gasteiger partial charge in [-0.15, -0.1) is 0 Å². The maximum absolute atomic E-state index is 12.4. The van der Waals surface area contributed by atoms with E-state index in [4.69, 9.17) is 0 Å². The Morgan fingerprint density at radius 2 is 2.04 bits per heavy atom. The molecule has 0 fully saturated rings. The molecule has 1 aliphatic rings. The second kappa shape index (κ2) is 8.51. The molecule has 0 radical (unpaired) electrons. The lowest BCUT2D eigenvalue weighted by Crippen LogP contribution is -2.43. The summed E-state index contributed by atoms with van der Waals surface area (Å²) in [5, 5.41) is 3.06. The van der Waals surface area contributed by atoms with E-state index >= 15 is 0 Å². The Labute approximate surface area is 149 Å². The van der Waals surface area contributed by atoms with Crippen molar-refractivity contribution in [2.45, 2.75) is 26.3 Å². The van der Waals surface area contributed by atoms with Gasteiger partial charge in [-0.1, -0.05) is 18.2 Å². The normalized spacial score (nSPS) is 13.2. The van der Waals surface area contributed by atoms with Crippen molar-refractivity contribution in [3.8, 4) is 0 Å². The minimum absolute atomic E-state index is 0.00962. The van der Waals surface area contributed by atoms with Crippen molar-refractivity contribution >= 4 is 11.7 Å². The minimum Gasteiger partial charge on any atom is -0.370 e. The quantitative estimate of drug-likeness (QED) is 0.881. The number of fused-ring (bicyclic) bond motifs is 1. The van der Waals surface area contributed by atoms with E-state index in [9.17, 15) is 4.79 Å². The summed E-state index contributed by atoms with van der Waals surface area (Å²) >= 11 is 0. The number of carbonyl (C=O) groups is 1. The van der Waals surface area contributed by atoms with Crippen LogP contribution in [-0.4, -0.2) is 42.1 Å². The van der Waals surface area contributed by atoms with Gasteiger partial charge in [0.25, 0.3) is 0 Å². The smallest absolute Gasteiger partial charge is 0.317 e. The molecule has 1 aromatic carbocycles. The van der Waals surface area contributed by atoms with Gasteiger partial charge in [0, 0.05) is 50.8 Å². The number of amides is 2. The van der Waals surface area contributed by atoms with Crippen molar-refractivity contribution in [3.63, 3.8) is 0 Å². The highest BCUT2D eigenvalue weighted by molar-refractivity contribution is 5.74. The van der Waals surface area contributed by atoms with Gasteiger partial charge in [-0.2, -0.15) is 0 Å². The van der Waals surface area contributed by atoms with Gasteiger partial charge >= 0.3 is 6.03 Å². The molecular weight excluding hydrogens is 312 g/mol. The Bertz CT molecular complexity index is 689. The standard InChI is InChI=1S/C20H26N4O/c1-2-23(16-17-9-11-21-12-10-17)20(25)22-13-15-24-14-5-7-18-6-3-4-8-19(18)24/h3-4,6,8-12H,2,5,7,13-16H2,1H3,(H,22,25). The predicted molar refractivity (Wildman–Crippen MR) is 101 cm³/mol. The molecule has 0 saturated heterocycles. The van der Waals surface area contributed by atoms with E-state index in [1.807, 2.05) is 24.0 Å². The third-order valence-corrected chi connectivity index (χ3v) is 4.66. The van der Waals surface area contributed by atoms with Crippen LogP contribution in [0.25, 0.3) is 0 Å². The average Bonchev–Trinajstić information content (AvgIpc) is 2.67. The van der Waals surface area contributed by atoms with Crippen LogP contribution in [-0.2, 0) is 13.0 Å². The lowest BCUT2D eigenvalue weighted by atomic mass is 10.0. The maximum Gasteiger partial charge on any atom is 0.317 e. The molecule has 25 heavy (non-hydrogen) atoms. The van der Waals surface area contributed by atoms with Crippen LogP contribution in [0.4, 0.5) is 10.5 Å². The number of anilines is 1. The molecule has 132 valence electrons. The fraction of sp³-hybridized carbons (Fsp3) is 0.400. The second-order valence-electron chi connectivity index (χ2n) is 6.32. The first-order valence-electron chi connectivity index (χ1n) is 9.02. The summed E-state index contributed by atoms with van der Waals surface area (Å²) in [6.07, 6.45) is 5.84. The summed E-state index contributed by atoms with van der Waals surface area (Å²) in [6, 6.07) is 12.4. The number of para-hydroxylation sites is 1. The molecule has 1 aliphatic heterocycles. The average molecular weight is 338 g/mol. The summed E-state index contributed by atoms with van der Waals surface area (Å²) in [6.45, 7) is 5.84. The van der Waals surface area contributed by atoms with E-state index in [2.05, 4.69) is 39.5 Å². The zero-order chi connectivity index (χ0) is 17.5. The van der Waals surface area contributed by atoms with Crippen molar-refractivity contribution in [3.05, 3.63) is 59.9 Å². The summed E-state index contributed by atoms with van der Waals surface area (Å²) < 4.78 is 0. The molecular formula is C20H26N4O. The van der Waals surface area contributed by atoms with Gasteiger partial charge in [-0.3, -0.25) is 4.98 Å². The third kappa shape index (κ3) is 4.50. The molecule has 5 heteroatoms. The maximum atomic E-state index is 12.4. The summed E-state index contributed by atoms with van der Waals surface area (Å²) in [7, 11) is 0. The molecule has 2 amide bonds. The van der Waals surface area contributed by atoms with Crippen LogP contribution >= 0.6 is 0 Å². The lowest BCUT2D eigenvalue weighted by molar-refractivity contribution is 0.198. The number of nitrogens with zero attached hydrogens (tertiary/aromatic N) is 3. The number of urea groups is 1. The largest absolute Gasteiger partial charge is 0.370 e. The Morgan fingerprint density at radius 1 is 1.24 bits per heavy atom. The highest BCUT2D eigenvalue weighted by Gasteiger charge is 2.17. The highest BCUT2D eigenvalue weighted by atomic mass is 16.2. The van der Waals surface area contributed by atoms with Crippen molar-refractivity contribution in [2.75, 3.05) is 31.1 Å². The van der Waals surface area contributed by atoms with Gasteiger partial charge in [-0.05, 0) is 49.1 Å². The van der Waals surface area contributed by atoms with Gasteiger partial charge in [0.2, 0.25) is 0 Å². The lowest BCUT2D eigenvalue weighted by Gasteiger charge is -2.31. The van der Waals surface area contributed by atoms with E-state index in [1.54, 1.807) is 12.4 Å². The highest BCUT2D eigenvalue weighted by Crippen LogP contribution is 2.25. The molecule has 2 aromatic rings. The van der Waals surface area contributed by atoms with E-state index in [0.29, 0.717) is 19.6 Å². The van der Waals surface area contributed by atoms with E-state index in [-0.39, 0.29) is 6.03 Å². The topological polar surface area (TPSA) is 48.5 Å². The van der Waals surface area contributed by atoms with Gasteiger partial charge in [0.1, 0.15) is 0 Å². The Hall–Kier alpha value is -2.56. The summed E-state index contributed by atoms with van der Waals surface area (Å²) in [5.74, 6) is 0. The summed E-state index contributed by atoms with van der Waals surface area (Å²) in [4.78, 5) is 20.7. The Morgan fingerprint density at radius 3 is 2.84 bits per heavy atom. The molecule has 0 bridgehead atoms. The first-order chi connectivity index (χ1) is 12.3. The predicted octanol–water partition coefficient (Wildman–Crippen LogP) is 3.07. The molecule has 1 aromatic heterocycles. The molecule has 2 heterocycles. The van der Waals surface area contributed by atoms with Crippen molar-refractivity contribution < 1.29 is 4.79 Å². The van der Waals surface area contributed by atoms with Crippen LogP contribution in [0.3, 0.4) is 0 Å². The zero-order valence-electron chi connectivity index (χ0n) is 14.8. The molecule has 5 nitrogen and oxygen atoms in total. The molecule has 0 atom stereocenters. The molecule has 0 unspecified atom stereocenters. The number of hydrogen-bond acceptors (Lipinski definition) is 3. The van der Waals surface area contributed by atoms with Crippen LogP contribution in [0.1, 0.15) is 24.5 Å². The van der Waals surface area contributed by atoms with Crippen LogP contribution in [0.15, 0.2) is 48.8 Å². The van der Waals surface area contributed by atoms with Crippen molar-refractivity contribution in [2.24, 2.45) is 0 Å². The fourth-order valence-corrected chi connectivity index (χ4v) is 3.29. The SMILES string of the molecule is CCN(Cc1ccncc1)C(=O)NCCN1CCCc2ccccc21. The molecule has 0 spiro atoms. The van der Waals surface area contributed by atoms with Crippen LogP contribution in [0.5, 0.6) is 0 Å². The number of hydrogen-bond donors (Lipinski definition) is 1. The summed E-state index contributed by atoms with van der Waals surface area (Å²) in [5.41, 5.74) is 3.82. The Kier molecular flexibility index (Phi) is 5.88. The number of carbonyl (C=O) groups excluding carboxylic acids is 1. The van der Waals surface area contributed by atoms with Gasteiger partial charge in [0.15, 0.2) is 0 Å². The number of benzene rings is 1. The van der Waals surface area contributed by atoms with Gasteiger partial charge < -0.3 is 15.1 Å². The number of rotatable bonds is 6. The minimum atomic E-state index is -0.00962. The molecule has 1 N–H and O–H groups in total. The molecule has 0 aliphatic carbocycles. The number of pyridine rings is 1. The fourth-order valence-electron chi connectivity index (χ4n) is 3.29. The van der Waals surface area contributed by atoms with Crippen LogP contribution in [0, 0.1) is 0 Å². The van der Waals surface area contributed by atoms with E-state index in [1.165, 1.54) is 17.7 Å². The third-order valence-electron chi connectivity index (χ3n) is 4.66. The molecule has 0 saturated carbocycles.